The van der Waals surface area contributed by atoms with E-state index in [0.717, 1.165) is 25.2 Å². The van der Waals surface area contributed by atoms with Crippen LogP contribution in [0.3, 0.4) is 0 Å². The standard InChI is InChI=1S/C16H15F3N2O6/c1-25-14(23)11-6-27-7-21(12(11)15(24)26-2)10-4-8(13(20)22)3-9(5-10)16(17,18)19/h3-5H,6-7H2,1-2H3,(H2,20,22). The van der Waals surface area contributed by atoms with E-state index >= 15 is 0 Å². The molecule has 1 aliphatic heterocycles. The first-order valence-corrected chi connectivity index (χ1v) is 7.37. The molecule has 11 heteroatoms. The van der Waals surface area contributed by atoms with Crippen LogP contribution in [0.4, 0.5) is 18.9 Å². The molecule has 27 heavy (non-hydrogen) atoms. The molecule has 0 radical (unpaired) electrons. The molecule has 1 amide bonds. The van der Waals surface area contributed by atoms with Gasteiger partial charge >= 0.3 is 18.1 Å². The molecule has 0 aliphatic carbocycles. The van der Waals surface area contributed by atoms with Crippen molar-refractivity contribution in [3.05, 3.63) is 40.6 Å². The number of carbonyl (C=O) groups is 3. The molecule has 8 nitrogen and oxygen atoms in total. The van der Waals surface area contributed by atoms with Crippen molar-refractivity contribution in [1.29, 1.82) is 0 Å². The van der Waals surface area contributed by atoms with Crippen molar-refractivity contribution in [3.8, 4) is 0 Å². The number of rotatable bonds is 4. The molecule has 1 aliphatic rings. The van der Waals surface area contributed by atoms with Gasteiger partial charge in [0.1, 0.15) is 12.4 Å². The Labute approximate surface area is 151 Å². The van der Waals surface area contributed by atoms with E-state index < -0.39 is 35.1 Å². The molecule has 2 rings (SSSR count). The Morgan fingerprint density at radius 2 is 1.74 bits per heavy atom. The first kappa shape index (κ1) is 20.2. The Hall–Kier alpha value is -3.08. The fourth-order valence-electron chi connectivity index (χ4n) is 2.42. The highest BCUT2D eigenvalue weighted by molar-refractivity contribution is 6.03. The number of nitrogens with two attached hydrogens (primary N) is 1. The minimum atomic E-state index is -4.78. The molecule has 0 spiro atoms. The highest BCUT2D eigenvalue weighted by Crippen LogP contribution is 2.35. The zero-order valence-electron chi connectivity index (χ0n) is 14.3. The van der Waals surface area contributed by atoms with Gasteiger partial charge in [0.05, 0.1) is 32.0 Å². The predicted molar refractivity (Wildman–Crippen MR) is 84.3 cm³/mol. The van der Waals surface area contributed by atoms with Crippen LogP contribution in [-0.4, -0.2) is 45.4 Å². The molecular formula is C16H15F3N2O6. The lowest BCUT2D eigenvalue weighted by Crippen LogP contribution is -2.39. The van der Waals surface area contributed by atoms with E-state index in [1.807, 2.05) is 0 Å². The van der Waals surface area contributed by atoms with Gasteiger partial charge in [-0.25, -0.2) is 9.59 Å². The van der Waals surface area contributed by atoms with Crippen LogP contribution >= 0.6 is 0 Å². The van der Waals surface area contributed by atoms with Crippen molar-refractivity contribution < 1.29 is 41.8 Å². The average Bonchev–Trinajstić information content (AvgIpc) is 2.64. The highest BCUT2D eigenvalue weighted by Gasteiger charge is 2.36. The van der Waals surface area contributed by atoms with Gasteiger partial charge in [0.25, 0.3) is 0 Å². The van der Waals surface area contributed by atoms with Crippen LogP contribution in [0.5, 0.6) is 0 Å². The summed E-state index contributed by atoms with van der Waals surface area (Å²) >= 11 is 0. The number of esters is 2. The third-order valence-electron chi connectivity index (χ3n) is 3.67. The Bertz CT molecular complexity index is 819. The number of primary amides is 1. The van der Waals surface area contributed by atoms with E-state index in [9.17, 15) is 27.6 Å². The molecule has 2 N–H and O–H groups in total. The molecule has 1 aromatic carbocycles. The van der Waals surface area contributed by atoms with Gasteiger partial charge in [-0.1, -0.05) is 0 Å². The lowest BCUT2D eigenvalue weighted by molar-refractivity contribution is -0.140. The average molecular weight is 388 g/mol. The molecule has 0 bridgehead atoms. The number of carbonyl (C=O) groups excluding carboxylic acids is 3. The lowest BCUT2D eigenvalue weighted by Gasteiger charge is -2.31. The third kappa shape index (κ3) is 4.19. The summed E-state index contributed by atoms with van der Waals surface area (Å²) in [6, 6.07) is 2.32. The maximum Gasteiger partial charge on any atom is 0.416 e. The lowest BCUT2D eigenvalue weighted by atomic mass is 10.1. The number of hydrogen-bond acceptors (Lipinski definition) is 7. The summed E-state index contributed by atoms with van der Waals surface area (Å²) in [5.41, 5.74) is 2.67. The van der Waals surface area contributed by atoms with Crippen molar-refractivity contribution in [1.82, 2.24) is 0 Å². The monoisotopic (exact) mass is 388 g/mol. The molecule has 1 heterocycles. The normalized spacial score (nSPS) is 14.8. The van der Waals surface area contributed by atoms with Gasteiger partial charge in [-0.2, -0.15) is 13.2 Å². The fourth-order valence-corrected chi connectivity index (χ4v) is 2.42. The Morgan fingerprint density at radius 1 is 1.11 bits per heavy atom. The Morgan fingerprint density at radius 3 is 2.26 bits per heavy atom. The predicted octanol–water partition coefficient (Wildman–Crippen LogP) is 1.20. The van der Waals surface area contributed by atoms with Crippen LogP contribution in [0.2, 0.25) is 0 Å². The fraction of sp³-hybridized carbons (Fsp3) is 0.312. The molecule has 1 aromatic rings. The summed E-state index contributed by atoms with van der Waals surface area (Å²) in [4.78, 5) is 36.5. The zero-order chi connectivity index (χ0) is 20.4. The van der Waals surface area contributed by atoms with E-state index in [0.29, 0.717) is 12.1 Å². The topological polar surface area (TPSA) is 108 Å². The van der Waals surface area contributed by atoms with Gasteiger partial charge < -0.3 is 24.8 Å². The number of alkyl halides is 3. The molecule has 0 saturated carbocycles. The summed E-state index contributed by atoms with van der Waals surface area (Å²) < 4.78 is 53.9. The number of ether oxygens (including phenoxy) is 3. The number of anilines is 1. The van der Waals surface area contributed by atoms with Crippen molar-refractivity contribution in [3.63, 3.8) is 0 Å². The van der Waals surface area contributed by atoms with Gasteiger partial charge in [-0.15, -0.1) is 0 Å². The second-order valence-corrected chi connectivity index (χ2v) is 5.35. The molecular weight excluding hydrogens is 373 g/mol. The first-order chi connectivity index (χ1) is 12.6. The van der Waals surface area contributed by atoms with Crippen LogP contribution in [0, 0.1) is 0 Å². The summed E-state index contributed by atoms with van der Waals surface area (Å²) in [7, 11) is 2.11. The smallest absolute Gasteiger partial charge is 0.416 e. The second kappa shape index (κ2) is 7.66. The largest absolute Gasteiger partial charge is 0.466 e. The molecule has 0 fully saturated rings. The number of methoxy groups -OCH3 is 2. The van der Waals surface area contributed by atoms with Crippen molar-refractivity contribution in [2.75, 3.05) is 32.5 Å². The van der Waals surface area contributed by atoms with Crippen molar-refractivity contribution in [2.24, 2.45) is 5.73 Å². The zero-order valence-corrected chi connectivity index (χ0v) is 14.3. The molecule has 0 saturated heterocycles. The summed E-state index contributed by atoms with van der Waals surface area (Å²) in [6.07, 6.45) is -4.78. The molecule has 146 valence electrons. The minimum Gasteiger partial charge on any atom is -0.466 e. The first-order valence-electron chi connectivity index (χ1n) is 7.37. The van der Waals surface area contributed by atoms with E-state index in [1.54, 1.807) is 0 Å². The Kier molecular flexibility index (Phi) is 5.74. The highest BCUT2D eigenvalue weighted by atomic mass is 19.4. The third-order valence-corrected chi connectivity index (χ3v) is 3.67. The van der Waals surface area contributed by atoms with Crippen LogP contribution in [0.1, 0.15) is 15.9 Å². The SMILES string of the molecule is COC(=O)C1=C(C(=O)OC)N(c2cc(C(N)=O)cc(C(F)(F)F)c2)COC1. The van der Waals surface area contributed by atoms with E-state index in [4.69, 9.17) is 10.5 Å². The van der Waals surface area contributed by atoms with Crippen LogP contribution < -0.4 is 10.6 Å². The maximum atomic E-state index is 13.2. The van der Waals surface area contributed by atoms with Crippen LogP contribution in [0.15, 0.2) is 29.5 Å². The number of nitrogens with zero attached hydrogens (tertiary/aromatic N) is 1. The van der Waals surface area contributed by atoms with E-state index in [2.05, 4.69) is 9.47 Å². The number of halogens is 3. The Balaban J connectivity index is 2.70. The minimum absolute atomic E-state index is 0.236. The number of amides is 1. The van der Waals surface area contributed by atoms with Crippen LogP contribution in [0.25, 0.3) is 0 Å². The van der Waals surface area contributed by atoms with E-state index in [1.165, 1.54) is 0 Å². The van der Waals surface area contributed by atoms with Gasteiger partial charge in [-0.3, -0.25) is 4.79 Å². The van der Waals surface area contributed by atoms with Gasteiger partial charge in [0.2, 0.25) is 5.91 Å². The van der Waals surface area contributed by atoms with Crippen LogP contribution in [-0.2, 0) is 30.0 Å². The summed E-state index contributed by atoms with van der Waals surface area (Å²) in [5, 5.41) is 0. The second-order valence-electron chi connectivity index (χ2n) is 5.35. The quantitative estimate of drug-likeness (QED) is 0.772. The van der Waals surface area contributed by atoms with Crippen molar-refractivity contribution >= 4 is 23.5 Å². The van der Waals surface area contributed by atoms with Gasteiger partial charge in [-0.05, 0) is 18.2 Å². The molecule has 0 atom stereocenters. The molecule has 0 aromatic heterocycles. The summed E-state index contributed by atoms with van der Waals surface area (Å²) in [6.45, 7) is -0.681. The van der Waals surface area contributed by atoms with Gasteiger partial charge in [0, 0.05) is 11.3 Å². The summed E-state index contributed by atoms with van der Waals surface area (Å²) in [5.74, 6) is -3.00. The van der Waals surface area contributed by atoms with Gasteiger partial charge in [0.15, 0.2) is 0 Å². The number of benzene rings is 1. The number of hydrogen-bond donors (Lipinski definition) is 1. The molecule has 0 unspecified atom stereocenters. The maximum absolute atomic E-state index is 13.2. The van der Waals surface area contributed by atoms with E-state index in [-0.39, 0.29) is 30.3 Å². The van der Waals surface area contributed by atoms with Crippen molar-refractivity contribution in [2.45, 2.75) is 6.18 Å².